The van der Waals surface area contributed by atoms with Crippen molar-refractivity contribution >= 4 is 10.1 Å². The summed E-state index contributed by atoms with van der Waals surface area (Å²) < 4.78 is 31.1. The van der Waals surface area contributed by atoms with Crippen molar-refractivity contribution in [1.29, 1.82) is 0 Å². The molecule has 1 saturated heterocycles. The number of ether oxygens (including phenoxy) is 1. The Bertz CT molecular complexity index is 216. The molecule has 1 rings (SSSR count). The van der Waals surface area contributed by atoms with Gasteiger partial charge in [-0.15, -0.1) is 0 Å². The minimum absolute atomic E-state index is 0.0338. The van der Waals surface area contributed by atoms with E-state index in [1.54, 1.807) is 0 Å². The van der Waals surface area contributed by atoms with Crippen LogP contribution in [0.25, 0.3) is 0 Å². The molecule has 1 fully saturated rings. The Morgan fingerprint density at radius 1 is 1.50 bits per heavy atom. The first kappa shape index (κ1) is 9.95. The predicted octanol–water partition coefficient (Wildman–Crippen LogP) is 0.532. The molecule has 0 saturated carbocycles. The highest BCUT2D eigenvalue weighted by atomic mass is 32.2. The highest BCUT2D eigenvalue weighted by Crippen LogP contribution is 2.13. The van der Waals surface area contributed by atoms with Crippen LogP contribution in [-0.4, -0.2) is 34.0 Å². The van der Waals surface area contributed by atoms with Crippen LogP contribution >= 0.6 is 0 Å². The van der Waals surface area contributed by atoms with Gasteiger partial charge in [0.15, 0.2) is 0 Å². The van der Waals surface area contributed by atoms with Gasteiger partial charge in [-0.1, -0.05) is 0 Å². The summed E-state index contributed by atoms with van der Waals surface area (Å²) in [4.78, 5) is 0. The van der Waals surface area contributed by atoms with Crippen LogP contribution in [0.5, 0.6) is 0 Å². The summed E-state index contributed by atoms with van der Waals surface area (Å²) in [5.41, 5.74) is 0. The summed E-state index contributed by atoms with van der Waals surface area (Å²) in [5.74, 6) is 0. The molecule has 0 bridgehead atoms. The highest BCUT2D eigenvalue weighted by molar-refractivity contribution is 7.85. The maximum Gasteiger partial charge on any atom is 0.264 e. The van der Waals surface area contributed by atoms with E-state index < -0.39 is 10.1 Å². The van der Waals surface area contributed by atoms with E-state index in [0.29, 0.717) is 0 Å². The minimum atomic E-state index is -3.30. The number of rotatable bonds is 3. The SMILES string of the molecule is CS(=O)(=O)OCC1CCCCO1. The van der Waals surface area contributed by atoms with Gasteiger partial charge < -0.3 is 4.74 Å². The zero-order valence-electron chi connectivity index (χ0n) is 7.15. The molecule has 1 unspecified atom stereocenters. The first-order valence-electron chi connectivity index (χ1n) is 4.04. The zero-order chi connectivity index (χ0) is 9.03. The molecule has 0 aromatic heterocycles. The van der Waals surface area contributed by atoms with E-state index in [9.17, 15) is 8.42 Å². The number of hydrogen-bond acceptors (Lipinski definition) is 4. The van der Waals surface area contributed by atoms with Gasteiger partial charge >= 0.3 is 0 Å². The fraction of sp³-hybridized carbons (Fsp3) is 1.00. The third-order valence-electron chi connectivity index (χ3n) is 1.74. The molecule has 0 aromatic carbocycles. The lowest BCUT2D eigenvalue weighted by molar-refractivity contribution is -0.00953. The van der Waals surface area contributed by atoms with Gasteiger partial charge in [0.05, 0.1) is 19.0 Å². The third kappa shape index (κ3) is 4.04. The average molecular weight is 194 g/mol. The lowest BCUT2D eigenvalue weighted by atomic mass is 10.1. The lowest BCUT2D eigenvalue weighted by Crippen LogP contribution is -2.25. The Kier molecular flexibility index (Phi) is 3.49. The van der Waals surface area contributed by atoms with E-state index >= 15 is 0 Å². The maximum atomic E-state index is 10.6. The van der Waals surface area contributed by atoms with Crippen LogP contribution in [-0.2, 0) is 19.0 Å². The molecule has 0 N–H and O–H groups in total. The second-order valence-corrected chi connectivity index (χ2v) is 4.62. The van der Waals surface area contributed by atoms with Gasteiger partial charge in [-0.3, -0.25) is 4.18 Å². The molecule has 0 spiro atoms. The molecule has 1 atom stereocenters. The first-order valence-corrected chi connectivity index (χ1v) is 5.85. The Morgan fingerprint density at radius 2 is 2.25 bits per heavy atom. The van der Waals surface area contributed by atoms with E-state index in [1.807, 2.05) is 0 Å². The van der Waals surface area contributed by atoms with E-state index in [2.05, 4.69) is 4.18 Å². The van der Waals surface area contributed by atoms with Crippen LogP contribution in [0, 0.1) is 0 Å². The van der Waals surface area contributed by atoms with Crippen molar-refractivity contribution in [3.63, 3.8) is 0 Å². The average Bonchev–Trinajstić information content (AvgIpc) is 2.02. The maximum absolute atomic E-state index is 10.6. The Morgan fingerprint density at radius 3 is 2.75 bits per heavy atom. The van der Waals surface area contributed by atoms with Crippen molar-refractivity contribution in [3.05, 3.63) is 0 Å². The molecule has 1 aliphatic heterocycles. The summed E-state index contributed by atoms with van der Waals surface area (Å²) in [6, 6.07) is 0. The largest absolute Gasteiger partial charge is 0.376 e. The van der Waals surface area contributed by atoms with Crippen LogP contribution in [0.4, 0.5) is 0 Å². The molecule has 0 aromatic rings. The van der Waals surface area contributed by atoms with Crippen molar-refractivity contribution in [2.75, 3.05) is 19.5 Å². The van der Waals surface area contributed by atoms with Gasteiger partial charge in [0.2, 0.25) is 0 Å². The molecule has 1 heterocycles. The van der Waals surface area contributed by atoms with Gasteiger partial charge in [0.1, 0.15) is 0 Å². The van der Waals surface area contributed by atoms with Crippen LogP contribution in [0.1, 0.15) is 19.3 Å². The van der Waals surface area contributed by atoms with Crippen LogP contribution in [0.2, 0.25) is 0 Å². The molecule has 4 nitrogen and oxygen atoms in total. The van der Waals surface area contributed by atoms with Gasteiger partial charge in [0.25, 0.3) is 10.1 Å². The summed E-state index contributed by atoms with van der Waals surface area (Å²) in [7, 11) is -3.30. The Hall–Kier alpha value is -0.130. The fourth-order valence-electron chi connectivity index (χ4n) is 1.14. The Balaban J connectivity index is 2.22. The smallest absolute Gasteiger partial charge is 0.264 e. The Labute approximate surface area is 73.0 Å². The second kappa shape index (κ2) is 4.20. The molecule has 0 radical (unpaired) electrons. The van der Waals surface area contributed by atoms with Crippen molar-refractivity contribution in [2.45, 2.75) is 25.4 Å². The summed E-state index contributed by atoms with van der Waals surface area (Å²) in [6.45, 7) is 0.886. The lowest BCUT2D eigenvalue weighted by Gasteiger charge is -2.21. The minimum Gasteiger partial charge on any atom is -0.376 e. The van der Waals surface area contributed by atoms with E-state index in [0.717, 1.165) is 32.1 Å². The molecule has 72 valence electrons. The standard InChI is InChI=1S/C7H14O4S/c1-12(8,9)11-6-7-4-2-3-5-10-7/h7H,2-6H2,1H3. The first-order chi connectivity index (χ1) is 5.58. The van der Waals surface area contributed by atoms with E-state index in [4.69, 9.17) is 4.74 Å². The molecule has 0 amide bonds. The van der Waals surface area contributed by atoms with Crippen molar-refractivity contribution in [1.82, 2.24) is 0 Å². The van der Waals surface area contributed by atoms with E-state index in [1.165, 1.54) is 0 Å². The van der Waals surface area contributed by atoms with Crippen molar-refractivity contribution in [3.8, 4) is 0 Å². The van der Waals surface area contributed by atoms with Gasteiger partial charge in [-0.2, -0.15) is 8.42 Å². The molecule has 12 heavy (non-hydrogen) atoms. The summed E-state index contributed by atoms with van der Waals surface area (Å²) in [5, 5.41) is 0. The van der Waals surface area contributed by atoms with Crippen LogP contribution < -0.4 is 0 Å². The van der Waals surface area contributed by atoms with Crippen LogP contribution in [0.3, 0.4) is 0 Å². The summed E-state index contributed by atoms with van der Waals surface area (Å²) >= 11 is 0. The quantitative estimate of drug-likeness (QED) is 0.615. The summed E-state index contributed by atoms with van der Waals surface area (Å²) in [6.07, 6.45) is 4.08. The monoisotopic (exact) mass is 194 g/mol. The number of hydrogen-bond donors (Lipinski definition) is 0. The van der Waals surface area contributed by atoms with Crippen molar-refractivity contribution in [2.24, 2.45) is 0 Å². The van der Waals surface area contributed by atoms with Gasteiger partial charge in [0, 0.05) is 6.61 Å². The molecule has 0 aliphatic carbocycles. The highest BCUT2D eigenvalue weighted by Gasteiger charge is 2.15. The molecular weight excluding hydrogens is 180 g/mol. The molecule has 5 heteroatoms. The zero-order valence-corrected chi connectivity index (χ0v) is 7.97. The van der Waals surface area contributed by atoms with Gasteiger partial charge in [-0.25, -0.2) is 0 Å². The normalized spacial score (nSPS) is 25.6. The molecule has 1 aliphatic rings. The van der Waals surface area contributed by atoms with Crippen molar-refractivity contribution < 1.29 is 17.3 Å². The van der Waals surface area contributed by atoms with E-state index in [-0.39, 0.29) is 12.7 Å². The topological polar surface area (TPSA) is 52.6 Å². The second-order valence-electron chi connectivity index (χ2n) is 2.98. The predicted molar refractivity (Wildman–Crippen MR) is 44.4 cm³/mol. The van der Waals surface area contributed by atoms with Crippen LogP contribution in [0.15, 0.2) is 0 Å². The van der Waals surface area contributed by atoms with Gasteiger partial charge in [-0.05, 0) is 19.3 Å². The molecular formula is C7H14O4S. The fourth-order valence-corrected chi connectivity index (χ4v) is 1.54. The third-order valence-corrected chi connectivity index (χ3v) is 2.31.